The van der Waals surface area contributed by atoms with Gasteiger partial charge in [0.25, 0.3) is 5.91 Å². The van der Waals surface area contributed by atoms with Crippen LogP contribution >= 0.6 is 11.6 Å². The number of anilines is 2. The lowest BCUT2D eigenvalue weighted by atomic mass is 9.48. The highest BCUT2D eigenvalue weighted by Gasteiger charge is 2.66. The van der Waals surface area contributed by atoms with Gasteiger partial charge in [-0.25, -0.2) is 9.37 Å². The molecule has 1 atom stereocenters. The van der Waals surface area contributed by atoms with Crippen LogP contribution in [0.25, 0.3) is 0 Å². The van der Waals surface area contributed by atoms with Crippen molar-refractivity contribution in [3.05, 3.63) is 81.8 Å². The Hall–Kier alpha value is -5.26. The molecule has 1 saturated carbocycles. The predicted octanol–water partition coefficient (Wildman–Crippen LogP) is 5.68. The Balaban J connectivity index is 1.03. The summed E-state index contributed by atoms with van der Waals surface area (Å²) in [6.07, 6.45) is 5.40. The molecule has 13 nitrogen and oxygen atoms in total. The van der Waals surface area contributed by atoms with Gasteiger partial charge in [-0.3, -0.25) is 29.4 Å². The molecular formula is C44H52ClFN8O5. The molecule has 15 heteroatoms. The highest BCUT2D eigenvalue weighted by molar-refractivity contribution is 6.31. The number of hydrogen-bond acceptors (Lipinski definition) is 10. The van der Waals surface area contributed by atoms with E-state index in [0.29, 0.717) is 39.7 Å². The molecule has 3 aliphatic heterocycles. The first kappa shape index (κ1) is 41.9. The molecular weight excluding hydrogens is 775 g/mol. The normalized spacial score (nSPS) is 22.3. The number of rotatable bonds is 14. The summed E-state index contributed by atoms with van der Waals surface area (Å²) in [5, 5.41) is 12.0. The summed E-state index contributed by atoms with van der Waals surface area (Å²) in [5.41, 5.74) is 6.48. The summed E-state index contributed by atoms with van der Waals surface area (Å²) < 4.78 is 23.1. The van der Waals surface area contributed by atoms with Crippen molar-refractivity contribution in [1.29, 1.82) is 5.26 Å². The van der Waals surface area contributed by atoms with Crippen LogP contribution in [0, 0.1) is 28.0 Å². The maximum absolute atomic E-state index is 16.5. The monoisotopic (exact) mass is 826 g/mol. The van der Waals surface area contributed by atoms with E-state index in [1.165, 1.54) is 17.2 Å². The number of unbranched alkanes of at least 4 members (excludes halogenated alkanes) is 3. The van der Waals surface area contributed by atoms with Crippen molar-refractivity contribution in [1.82, 2.24) is 20.1 Å². The van der Waals surface area contributed by atoms with Gasteiger partial charge in [-0.1, -0.05) is 52.1 Å². The second-order valence-electron chi connectivity index (χ2n) is 17.4. The number of nitrogens with two attached hydrogens (primary N) is 1. The summed E-state index contributed by atoms with van der Waals surface area (Å²) in [6.45, 7) is 13.7. The molecule has 0 spiro atoms. The first-order valence-electron chi connectivity index (χ1n) is 20.4. The zero-order valence-corrected chi connectivity index (χ0v) is 34.9. The first-order valence-corrected chi connectivity index (χ1v) is 20.8. The van der Waals surface area contributed by atoms with Gasteiger partial charge in [-0.15, -0.1) is 0 Å². The van der Waals surface area contributed by atoms with Gasteiger partial charge in [0.2, 0.25) is 17.7 Å². The smallest absolute Gasteiger partial charge is 0.255 e. The fourth-order valence-corrected chi connectivity index (χ4v) is 10.3. The number of carbonyl (C=O) groups is 4. The Morgan fingerprint density at radius 3 is 2.41 bits per heavy atom. The van der Waals surface area contributed by atoms with E-state index in [0.717, 1.165) is 64.2 Å². The third kappa shape index (κ3) is 8.32. The molecule has 4 aliphatic rings. The second kappa shape index (κ2) is 16.8. The van der Waals surface area contributed by atoms with E-state index in [1.807, 2.05) is 6.07 Å². The number of nitrogens with zero attached hydrogens (tertiary/aromatic N) is 6. The summed E-state index contributed by atoms with van der Waals surface area (Å²) in [7, 11) is 0. The van der Waals surface area contributed by atoms with Crippen molar-refractivity contribution in [3.63, 3.8) is 0 Å². The molecule has 1 unspecified atom stereocenters. The Morgan fingerprint density at radius 2 is 1.76 bits per heavy atom. The van der Waals surface area contributed by atoms with Gasteiger partial charge in [0, 0.05) is 80.4 Å². The average Bonchev–Trinajstić information content (AvgIpc) is 3.51. The Bertz CT molecular complexity index is 2150. The van der Waals surface area contributed by atoms with Gasteiger partial charge in [0.15, 0.2) is 0 Å². The van der Waals surface area contributed by atoms with Crippen LogP contribution in [0.3, 0.4) is 0 Å². The molecule has 1 aliphatic carbocycles. The second-order valence-corrected chi connectivity index (χ2v) is 17.8. The van der Waals surface area contributed by atoms with E-state index in [-0.39, 0.29) is 43.0 Å². The quantitative estimate of drug-likeness (QED) is 0.153. The Kier molecular flexibility index (Phi) is 11.9. The predicted molar refractivity (Wildman–Crippen MR) is 222 cm³/mol. The van der Waals surface area contributed by atoms with Crippen LogP contribution in [0.2, 0.25) is 5.02 Å². The molecule has 3 N–H and O–H groups in total. The lowest BCUT2D eigenvalue weighted by Gasteiger charge is -2.66. The van der Waals surface area contributed by atoms with Crippen LogP contribution in [0.5, 0.6) is 5.75 Å². The van der Waals surface area contributed by atoms with E-state index >= 15 is 4.39 Å². The standard InChI is InChI=1S/C44H52ClFN8O5/c1-43(2)41(44(3,4)42(43)59-30-11-9-27(24-47)32(45)22-30)53(35-21-29-26-54(40(58)31(29)23-33(35)46)34-12-14-37(55)50-39(34)57)16-8-6-5-7-15-51-17-19-52(20-18-51)36-13-10-28(25-49-36)38(48)56/h9-11,13,21-23,25,34,41-42H,5-8,12,14-20,26H2,1-4H3,(H2,48,56)(H,50,55,57). The van der Waals surface area contributed by atoms with Crippen LogP contribution in [0.15, 0.2) is 48.7 Å². The number of nitriles is 1. The summed E-state index contributed by atoms with van der Waals surface area (Å²) in [6, 6.07) is 12.8. The number of amides is 4. The number of fused-ring (bicyclic) bond motifs is 1. The number of pyridine rings is 1. The molecule has 1 aromatic heterocycles. The number of ether oxygens (including phenoxy) is 1. The zero-order chi connectivity index (χ0) is 42.2. The maximum Gasteiger partial charge on any atom is 0.255 e. The fourth-order valence-electron chi connectivity index (χ4n) is 10.1. The van der Waals surface area contributed by atoms with E-state index in [2.05, 4.69) is 58.8 Å². The van der Waals surface area contributed by atoms with Gasteiger partial charge in [0.05, 0.1) is 21.8 Å². The van der Waals surface area contributed by atoms with E-state index in [1.54, 1.807) is 30.3 Å². The summed E-state index contributed by atoms with van der Waals surface area (Å²) in [4.78, 5) is 62.2. The van der Waals surface area contributed by atoms with Gasteiger partial charge >= 0.3 is 0 Å². The average molecular weight is 827 g/mol. The van der Waals surface area contributed by atoms with Crippen LogP contribution in [0.1, 0.15) is 98.1 Å². The molecule has 0 bridgehead atoms. The minimum atomic E-state index is -0.795. The highest BCUT2D eigenvalue weighted by atomic mass is 35.5. The number of primary amides is 1. The van der Waals surface area contributed by atoms with Crippen molar-refractivity contribution < 1.29 is 28.3 Å². The maximum atomic E-state index is 16.5. The number of hydrogen-bond donors (Lipinski definition) is 2. The van der Waals surface area contributed by atoms with Gasteiger partial charge in [-0.05, 0) is 67.8 Å². The number of halogens is 2. The first-order chi connectivity index (χ1) is 28.1. The topological polar surface area (TPSA) is 165 Å². The molecule has 0 radical (unpaired) electrons. The van der Waals surface area contributed by atoms with Gasteiger partial charge < -0.3 is 25.2 Å². The van der Waals surface area contributed by atoms with E-state index in [9.17, 15) is 24.4 Å². The van der Waals surface area contributed by atoms with E-state index in [4.69, 9.17) is 22.1 Å². The summed E-state index contributed by atoms with van der Waals surface area (Å²) >= 11 is 6.37. The van der Waals surface area contributed by atoms with Crippen LogP contribution in [-0.2, 0) is 16.1 Å². The van der Waals surface area contributed by atoms with Crippen molar-refractivity contribution in [2.24, 2.45) is 16.6 Å². The lowest BCUT2D eigenvalue weighted by Crippen LogP contribution is -2.75. The Morgan fingerprint density at radius 1 is 1.03 bits per heavy atom. The highest BCUT2D eigenvalue weighted by Crippen LogP contribution is 2.59. The number of aromatic nitrogens is 1. The molecule has 3 aromatic rings. The molecule has 7 rings (SSSR count). The number of imide groups is 1. The number of nitrogens with one attached hydrogen (secondary N) is 1. The molecule has 59 heavy (non-hydrogen) atoms. The largest absolute Gasteiger partial charge is 0.489 e. The molecule has 4 amide bonds. The van der Waals surface area contributed by atoms with Crippen molar-refractivity contribution in [2.45, 2.75) is 91.0 Å². The van der Waals surface area contributed by atoms with Crippen molar-refractivity contribution in [2.75, 3.05) is 49.1 Å². The molecule has 4 heterocycles. The molecule has 2 saturated heterocycles. The number of piperazine rings is 1. The van der Waals surface area contributed by atoms with E-state index < -0.39 is 40.4 Å². The third-order valence-corrected chi connectivity index (χ3v) is 13.0. The SMILES string of the molecule is CC1(C)C(Oc2ccc(C#N)c(Cl)c2)C(C)(C)C1N(CCCCCCN1CCN(c2ccc(C(N)=O)cn2)CC1)c1cc2c(cc1F)C(=O)N(C1CCC(=O)NC1=O)C2. The zero-order valence-electron chi connectivity index (χ0n) is 34.1. The summed E-state index contributed by atoms with van der Waals surface area (Å²) in [5.74, 6) is -0.888. The van der Waals surface area contributed by atoms with Gasteiger partial charge in [0.1, 0.15) is 35.6 Å². The molecule has 3 fully saturated rings. The third-order valence-electron chi connectivity index (χ3n) is 12.6. The van der Waals surface area contributed by atoms with Crippen molar-refractivity contribution in [3.8, 4) is 11.8 Å². The number of piperidine rings is 1. The van der Waals surface area contributed by atoms with Crippen LogP contribution in [-0.4, -0.2) is 95.9 Å². The van der Waals surface area contributed by atoms with Gasteiger partial charge in [-0.2, -0.15) is 5.26 Å². The van der Waals surface area contributed by atoms with Crippen molar-refractivity contribution >= 4 is 46.7 Å². The fraction of sp³-hybridized carbons (Fsp3) is 0.500. The lowest BCUT2D eigenvalue weighted by molar-refractivity contribution is -0.157. The Labute approximate surface area is 349 Å². The molecule has 312 valence electrons. The van der Waals surface area contributed by atoms with Crippen LogP contribution < -0.4 is 25.6 Å². The molecule has 2 aromatic carbocycles. The minimum absolute atomic E-state index is 0.137. The number of carbonyl (C=O) groups excluding carboxylic acids is 4. The van der Waals surface area contributed by atoms with Crippen LogP contribution in [0.4, 0.5) is 15.9 Å². The minimum Gasteiger partial charge on any atom is -0.489 e. The number of benzene rings is 2.